The van der Waals surface area contributed by atoms with Crippen molar-refractivity contribution in [3.8, 4) is 12.3 Å². The lowest BCUT2D eigenvalue weighted by molar-refractivity contribution is 0.137. The number of hydrogen-bond donors (Lipinski definition) is 0. The number of terminal acetylenes is 1. The molecule has 0 bridgehead atoms. The third kappa shape index (κ3) is 3.67. The molecule has 0 fully saturated rings. The molecule has 82 valence electrons. The zero-order valence-corrected chi connectivity index (χ0v) is 9.16. The minimum absolute atomic E-state index is 0.274. The van der Waals surface area contributed by atoms with E-state index in [0.717, 1.165) is 38.6 Å². The quantitative estimate of drug-likeness (QED) is 0.525. The highest BCUT2D eigenvalue weighted by Crippen LogP contribution is 2.20. The van der Waals surface area contributed by atoms with Gasteiger partial charge in [-0.3, -0.25) is 4.90 Å². The third-order valence-corrected chi connectivity index (χ3v) is 2.46. The zero-order valence-electron chi connectivity index (χ0n) is 9.16. The molecule has 0 spiro atoms. The van der Waals surface area contributed by atoms with Crippen molar-refractivity contribution in [2.24, 2.45) is 0 Å². The van der Waals surface area contributed by atoms with Crippen molar-refractivity contribution in [3.63, 3.8) is 0 Å². The highest BCUT2D eigenvalue weighted by atomic mass is 16.5. The summed E-state index contributed by atoms with van der Waals surface area (Å²) in [6.45, 7) is 0.755. The van der Waals surface area contributed by atoms with Crippen molar-refractivity contribution < 1.29 is 9.53 Å². The summed E-state index contributed by atoms with van der Waals surface area (Å²) in [4.78, 5) is 12.9. The van der Waals surface area contributed by atoms with Gasteiger partial charge in [0.05, 0.1) is 7.11 Å². The van der Waals surface area contributed by atoms with Crippen molar-refractivity contribution in [1.29, 1.82) is 0 Å². The van der Waals surface area contributed by atoms with Gasteiger partial charge in [0.15, 0.2) is 0 Å². The molecule has 0 unspecified atom stereocenters. The second-order valence-corrected chi connectivity index (χ2v) is 3.61. The fraction of sp³-hybridized carbons (Fsp3) is 0.583. The molecule has 1 rings (SSSR count). The molecule has 1 aliphatic rings. The summed E-state index contributed by atoms with van der Waals surface area (Å²) < 4.78 is 4.67. The van der Waals surface area contributed by atoms with Crippen molar-refractivity contribution in [2.45, 2.75) is 32.1 Å². The molecule has 1 amide bonds. The first-order valence-corrected chi connectivity index (χ1v) is 5.25. The molecule has 3 heteroatoms. The third-order valence-electron chi connectivity index (χ3n) is 2.46. The number of carbonyl (C=O) groups is 1. The minimum atomic E-state index is -0.274. The Labute approximate surface area is 91.1 Å². The summed E-state index contributed by atoms with van der Waals surface area (Å²) in [5.41, 5.74) is 1.29. The monoisotopic (exact) mass is 207 g/mol. The fourth-order valence-electron chi connectivity index (χ4n) is 1.69. The highest BCUT2D eigenvalue weighted by Gasteiger charge is 2.16. The summed E-state index contributed by atoms with van der Waals surface area (Å²) in [5.74, 6) is 2.62. The van der Waals surface area contributed by atoms with Gasteiger partial charge in [0.1, 0.15) is 0 Å². The molecule has 0 atom stereocenters. The van der Waals surface area contributed by atoms with Crippen LogP contribution in [0.2, 0.25) is 0 Å². The van der Waals surface area contributed by atoms with E-state index in [4.69, 9.17) is 6.42 Å². The number of ether oxygens (including phenoxy) is 1. The molecular formula is C12H17NO2. The Bertz CT molecular complexity index is 288. The minimum Gasteiger partial charge on any atom is -0.452 e. The van der Waals surface area contributed by atoms with Gasteiger partial charge in [-0.05, 0) is 25.7 Å². The molecule has 1 aliphatic heterocycles. The normalized spacial score (nSPS) is 15.5. The first-order chi connectivity index (χ1) is 7.27. The molecule has 0 aromatic heterocycles. The number of allylic oxidation sites excluding steroid dienone is 1. The van der Waals surface area contributed by atoms with Crippen LogP contribution in [0.3, 0.4) is 0 Å². The van der Waals surface area contributed by atoms with Crippen LogP contribution in [0.1, 0.15) is 32.1 Å². The Hall–Kier alpha value is -1.43. The van der Waals surface area contributed by atoms with Crippen LogP contribution in [0.4, 0.5) is 4.79 Å². The van der Waals surface area contributed by atoms with E-state index in [-0.39, 0.29) is 6.09 Å². The average Bonchev–Trinajstić information content (AvgIpc) is 2.29. The van der Waals surface area contributed by atoms with Crippen LogP contribution in [-0.2, 0) is 4.74 Å². The maximum atomic E-state index is 11.3. The molecule has 0 saturated heterocycles. The smallest absolute Gasteiger partial charge is 0.413 e. The van der Waals surface area contributed by atoms with Gasteiger partial charge in [-0.1, -0.05) is 5.57 Å². The van der Waals surface area contributed by atoms with Gasteiger partial charge in [0.25, 0.3) is 0 Å². The predicted octanol–water partition coefficient (Wildman–Crippen LogP) is 2.54. The Morgan fingerprint density at radius 3 is 3.20 bits per heavy atom. The Morgan fingerprint density at radius 2 is 2.53 bits per heavy atom. The van der Waals surface area contributed by atoms with E-state index in [1.54, 1.807) is 4.90 Å². The second kappa shape index (κ2) is 6.13. The van der Waals surface area contributed by atoms with E-state index in [1.807, 2.05) is 6.20 Å². The van der Waals surface area contributed by atoms with Crippen LogP contribution in [0.5, 0.6) is 0 Å². The maximum Gasteiger partial charge on any atom is 0.413 e. The van der Waals surface area contributed by atoms with Crippen molar-refractivity contribution in [1.82, 2.24) is 4.90 Å². The number of unbranched alkanes of at least 4 members (excludes halogenated alkanes) is 1. The van der Waals surface area contributed by atoms with E-state index in [1.165, 1.54) is 12.7 Å². The molecule has 0 saturated carbocycles. The number of carbonyl (C=O) groups excluding carboxylic acids is 1. The average molecular weight is 207 g/mol. The van der Waals surface area contributed by atoms with Gasteiger partial charge in [-0.2, -0.15) is 0 Å². The molecule has 0 aliphatic carbocycles. The fourth-order valence-corrected chi connectivity index (χ4v) is 1.69. The van der Waals surface area contributed by atoms with Gasteiger partial charge in [-0.15, -0.1) is 12.3 Å². The summed E-state index contributed by atoms with van der Waals surface area (Å²) in [7, 11) is 1.41. The van der Waals surface area contributed by atoms with Crippen molar-refractivity contribution in [3.05, 3.63) is 11.8 Å². The lowest BCUT2D eigenvalue weighted by atomic mass is 10.0. The van der Waals surface area contributed by atoms with Crippen molar-refractivity contribution >= 4 is 6.09 Å². The van der Waals surface area contributed by atoms with Gasteiger partial charge in [0.2, 0.25) is 0 Å². The molecule has 0 aromatic carbocycles. The van der Waals surface area contributed by atoms with E-state index in [9.17, 15) is 4.79 Å². The maximum absolute atomic E-state index is 11.3. The van der Waals surface area contributed by atoms with Gasteiger partial charge >= 0.3 is 6.09 Å². The van der Waals surface area contributed by atoms with Gasteiger partial charge < -0.3 is 4.74 Å². The topological polar surface area (TPSA) is 29.5 Å². The number of amides is 1. The molecule has 3 nitrogen and oxygen atoms in total. The molecular weight excluding hydrogens is 190 g/mol. The number of methoxy groups -OCH3 is 1. The molecule has 15 heavy (non-hydrogen) atoms. The molecule has 0 N–H and O–H groups in total. The van der Waals surface area contributed by atoms with Crippen LogP contribution >= 0.6 is 0 Å². The Balaban J connectivity index is 2.46. The number of hydrogen-bond acceptors (Lipinski definition) is 2. The molecule has 0 radical (unpaired) electrons. The Kier molecular flexibility index (Phi) is 4.76. The molecule has 0 aromatic rings. The number of rotatable bonds is 3. The van der Waals surface area contributed by atoms with Gasteiger partial charge in [-0.25, -0.2) is 4.79 Å². The first-order valence-electron chi connectivity index (χ1n) is 5.25. The van der Waals surface area contributed by atoms with Crippen molar-refractivity contribution in [2.75, 3.05) is 13.7 Å². The summed E-state index contributed by atoms with van der Waals surface area (Å²) in [5, 5.41) is 0. The van der Waals surface area contributed by atoms with E-state index in [0.29, 0.717) is 0 Å². The Morgan fingerprint density at radius 1 is 1.73 bits per heavy atom. The second-order valence-electron chi connectivity index (χ2n) is 3.61. The SMILES string of the molecule is C#CCCCC1=CN(C(=O)OC)CCC1. The largest absolute Gasteiger partial charge is 0.452 e. The zero-order chi connectivity index (χ0) is 11.1. The standard InChI is InChI=1S/C12H17NO2/c1-3-4-5-7-11-8-6-9-13(10-11)12(14)15-2/h1,10H,4-9H2,2H3. The summed E-state index contributed by atoms with van der Waals surface area (Å²) in [6, 6.07) is 0. The predicted molar refractivity (Wildman–Crippen MR) is 59.1 cm³/mol. The highest BCUT2D eigenvalue weighted by molar-refractivity contribution is 5.69. The van der Waals surface area contributed by atoms with E-state index >= 15 is 0 Å². The van der Waals surface area contributed by atoms with E-state index in [2.05, 4.69) is 10.7 Å². The lowest BCUT2D eigenvalue weighted by Crippen LogP contribution is -2.29. The molecule has 1 heterocycles. The summed E-state index contributed by atoms with van der Waals surface area (Å²) in [6.07, 6.45) is 11.7. The van der Waals surface area contributed by atoms with Crippen LogP contribution in [0.15, 0.2) is 11.8 Å². The van der Waals surface area contributed by atoms with E-state index < -0.39 is 0 Å². The first kappa shape index (κ1) is 11.6. The lowest BCUT2D eigenvalue weighted by Gasteiger charge is -2.23. The summed E-state index contributed by atoms with van der Waals surface area (Å²) >= 11 is 0. The van der Waals surface area contributed by atoms with Crippen LogP contribution in [-0.4, -0.2) is 24.6 Å². The van der Waals surface area contributed by atoms with Crippen LogP contribution in [0, 0.1) is 12.3 Å². The van der Waals surface area contributed by atoms with Crippen LogP contribution in [0.25, 0.3) is 0 Å². The van der Waals surface area contributed by atoms with Crippen LogP contribution < -0.4 is 0 Å². The van der Waals surface area contributed by atoms with Gasteiger partial charge in [0, 0.05) is 19.2 Å². The number of nitrogens with zero attached hydrogens (tertiary/aromatic N) is 1.